The molecule has 0 fully saturated rings. The number of hydrogen-bond donors (Lipinski definition) is 2. The van der Waals surface area contributed by atoms with Crippen molar-refractivity contribution in [2.75, 3.05) is 17.2 Å². The molecule has 0 aliphatic carbocycles. The highest BCUT2D eigenvalue weighted by atomic mass is 15.3. The molecule has 0 saturated carbocycles. The predicted octanol–water partition coefficient (Wildman–Crippen LogP) is 2.40. The Morgan fingerprint density at radius 1 is 1.32 bits per heavy atom. The average molecular weight is 262 g/mol. The first kappa shape index (κ1) is 13.6. The van der Waals surface area contributed by atoms with Gasteiger partial charge in [0.2, 0.25) is 5.95 Å². The Labute approximate surface area is 113 Å². The number of aromatic nitrogens is 4. The molecule has 0 aliphatic heterocycles. The summed E-state index contributed by atoms with van der Waals surface area (Å²) in [4.78, 5) is 9.05. The molecule has 104 valence electrons. The number of fused-ring (bicyclic) bond motifs is 1. The first-order valence-corrected chi connectivity index (χ1v) is 6.82. The molecule has 0 aromatic carbocycles. The monoisotopic (exact) mass is 262 g/mol. The quantitative estimate of drug-likeness (QED) is 0.782. The van der Waals surface area contributed by atoms with E-state index in [1.807, 2.05) is 7.05 Å². The molecule has 19 heavy (non-hydrogen) atoms. The lowest BCUT2D eigenvalue weighted by molar-refractivity contribution is 0.783. The number of hydrogen-bond acceptors (Lipinski definition) is 5. The number of rotatable bonds is 6. The van der Waals surface area contributed by atoms with Crippen LogP contribution < -0.4 is 10.6 Å². The van der Waals surface area contributed by atoms with E-state index in [4.69, 9.17) is 0 Å². The molecule has 0 saturated heterocycles. The lowest BCUT2D eigenvalue weighted by Gasteiger charge is -2.12. The van der Waals surface area contributed by atoms with E-state index in [0.717, 1.165) is 36.2 Å². The Morgan fingerprint density at radius 3 is 2.79 bits per heavy atom. The van der Waals surface area contributed by atoms with Crippen molar-refractivity contribution in [3.63, 3.8) is 0 Å². The largest absolute Gasteiger partial charge is 0.367 e. The zero-order valence-corrected chi connectivity index (χ0v) is 12.1. The second-order valence-electron chi connectivity index (χ2n) is 4.98. The molecule has 0 amide bonds. The number of anilines is 2. The molecule has 0 radical (unpaired) electrons. The smallest absolute Gasteiger partial charge is 0.226 e. The van der Waals surface area contributed by atoms with Gasteiger partial charge in [0.15, 0.2) is 5.65 Å². The van der Waals surface area contributed by atoms with Crippen LogP contribution in [0.4, 0.5) is 11.8 Å². The number of nitrogens with zero attached hydrogens (tertiary/aromatic N) is 4. The molecule has 2 rings (SSSR count). The van der Waals surface area contributed by atoms with Crippen LogP contribution in [-0.4, -0.2) is 32.3 Å². The van der Waals surface area contributed by atoms with Crippen molar-refractivity contribution in [3.8, 4) is 0 Å². The highest BCUT2D eigenvalue weighted by molar-refractivity contribution is 5.87. The van der Waals surface area contributed by atoms with Crippen LogP contribution in [0.15, 0.2) is 6.20 Å². The average Bonchev–Trinajstić information content (AvgIpc) is 2.71. The summed E-state index contributed by atoms with van der Waals surface area (Å²) in [6.07, 6.45) is 4.06. The third-order valence-corrected chi connectivity index (χ3v) is 2.83. The normalized spacial score (nSPS) is 11.2. The van der Waals surface area contributed by atoms with Gasteiger partial charge in [-0.15, -0.1) is 0 Å². The Bertz CT molecular complexity index is 545. The fourth-order valence-corrected chi connectivity index (χ4v) is 1.86. The maximum atomic E-state index is 4.54. The molecule has 0 aliphatic rings. The third kappa shape index (κ3) is 3.13. The van der Waals surface area contributed by atoms with E-state index in [9.17, 15) is 0 Å². The molecule has 2 aromatic heterocycles. The number of unbranched alkanes of at least 4 members (excludes halogenated alkanes) is 1. The van der Waals surface area contributed by atoms with E-state index in [2.05, 4.69) is 46.5 Å². The van der Waals surface area contributed by atoms with Crippen molar-refractivity contribution in [1.29, 1.82) is 0 Å². The van der Waals surface area contributed by atoms with Crippen molar-refractivity contribution >= 4 is 22.8 Å². The van der Waals surface area contributed by atoms with Gasteiger partial charge in [-0.05, 0) is 20.3 Å². The topological polar surface area (TPSA) is 67.7 Å². The maximum Gasteiger partial charge on any atom is 0.226 e. The van der Waals surface area contributed by atoms with Gasteiger partial charge >= 0.3 is 0 Å². The summed E-state index contributed by atoms with van der Waals surface area (Å²) in [6, 6.07) is 0.321. The molecular formula is C13H22N6. The highest BCUT2D eigenvalue weighted by Crippen LogP contribution is 2.21. The van der Waals surface area contributed by atoms with Crippen molar-refractivity contribution in [2.45, 2.75) is 39.7 Å². The van der Waals surface area contributed by atoms with Crippen molar-refractivity contribution in [2.24, 2.45) is 7.05 Å². The summed E-state index contributed by atoms with van der Waals surface area (Å²) < 4.78 is 1.77. The summed E-state index contributed by atoms with van der Waals surface area (Å²) in [5.74, 6) is 1.50. The zero-order chi connectivity index (χ0) is 13.8. The van der Waals surface area contributed by atoms with E-state index < -0.39 is 0 Å². The summed E-state index contributed by atoms with van der Waals surface area (Å²) in [5.41, 5.74) is 0.845. The van der Waals surface area contributed by atoms with Gasteiger partial charge in [-0.2, -0.15) is 15.1 Å². The second kappa shape index (κ2) is 5.86. The molecular weight excluding hydrogens is 240 g/mol. The number of aryl methyl sites for hydroxylation is 1. The van der Waals surface area contributed by atoms with Gasteiger partial charge in [-0.1, -0.05) is 13.3 Å². The standard InChI is InChI=1S/C13H22N6/c1-5-6-7-14-13-17-11(16-9(2)3)10-8-15-19(4)12(10)18-13/h8-9H,5-7H2,1-4H3,(H2,14,16,17,18). The van der Waals surface area contributed by atoms with E-state index in [0.29, 0.717) is 12.0 Å². The van der Waals surface area contributed by atoms with Crippen LogP contribution in [-0.2, 0) is 7.05 Å². The minimum absolute atomic E-state index is 0.321. The van der Waals surface area contributed by atoms with Crippen LogP contribution in [0.5, 0.6) is 0 Å². The zero-order valence-electron chi connectivity index (χ0n) is 12.1. The summed E-state index contributed by atoms with van der Waals surface area (Å²) in [7, 11) is 1.89. The van der Waals surface area contributed by atoms with Crippen LogP contribution in [0.1, 0.15) is 33.6 Å². The maximum absolute atomic E-state index is 4.54. The molecule has 2 aromatic rings. The fourth-order valence-electron chi connectivity index (χ4n) is 1.86. The highest BCUT2D eigenvalue weighted by Gasteiger charge is 2.11. The molecule has 0 unspecified atom stereocenters. The minimum Gasteiger partial charge on any atom is -0.367 e. The van der Waals surface area contributed by atoms with E-state index in [1.54, 1.807) is 10.9 Å². The van der Waals surface area contributed by atoms with Gasteiger partial charge in [-0.3, -0.25) is 4.68 Å². The van der Waals surface area contributed by atoms with Crippen molar-refractivity contribution in [1.82, 2.24) is 19.7 Å². The first-order valence-electron chi connectivity index (χ1n) is 6.82. The molecule has 0 bridgehead atoms. The van der Waals surface area contributed by atoms with Crippen LogP contribution in [0, 0.1) is 0 Å². The molecule has 2 heterocycles. The Balaban J connectivity index is 2.34. The van der Waals surface area contributed by atoms with Gasteiger partial charge in [0.05, 0.1) is 11.6 Å². The molecule has 2 N–H and O–H groups in total. The molecule has 6 nitrogen and oxygen atoms in total. The van der Waals surface area contributed by atoms with Crippen molar-refractivity contribution in [3.05, 3.63) is 6.20 Å². The van der Waals surface area contributed by atoms with Gasteiger partial charge < -0.3 is 10.6 Å². The number of nitrogens with one attached hydrogen (secondary N) is 2. The van der Waals surface area contributed by atoms with Gasteiger partial charge in [0, 0.05) is 19.6 Å². The van der Waals surface area contributed by atoms with Crippen LogP contribution in [0.3, 0.4) is 0 Å². The summed E-state index contributed by atoms with van der Waals surface area (Å²) >= 11 is 0. The molecule has 0 spiro atoms. The third-order valence-electron chi connectivity index (χ3n) is 2.83. The van der Waals surface area contributed by atoms with Crippen LogP contribution >= 0.6 is 0 Å². The van der Waals surface area contributed by atoms with E-state index in [1.165, 1.54) is 0 Å². The second-order valence-corrected chi connectivity index (χ2v) is 4.98. The van der Waals surface area contributed by atoms with Gasteiger partial charge in [-0.25, -0.2) is 0 Å². The lowest BCUT2D eigenvalue weighted by Crippen LogP contribution is -2.14. The van der Waals surface area contributed by atoms with Crippen LogP contribution in [0.2, 0.25) is 0 Å². The molecule has 0 atom stereocenters. The van der Waals surface area contributed by atoms with E-state index >= 15 is 0 Å². The van der Waals surface area contributed by atoms with Crippen LogP contribution in [0.25, 0.3) is 11.0 Å². The van der Waals surface area contributed by atoms with Crippen molar-refractivity contribution < 1.29 is 0 Å². The SMILES string of the molecule is CCCCNc1nc(NC(C)C)c2cnn(C)c2n1. The Morgan fingerprint density at radius 2 is 2.11 bits per heavy atom. The predicted molar refractivity (Wildman–Crippen MR) is 78.5 cm³/mol. The molecule has 6 heteroatoms. The lowest BCUT2D eigenvalue weighted by atomic mass is 10.3. The van der Waals surface area contributed by atoms with Gasteiger partial charge in [0.25, 0.3) is 0 Å². The minimum atomic E-state index is 0.321. The Kier molecular flexibility index (Phi) is 4.19. The summed E-state index contributed by atoms with van der Waals surface area (Å²) in [5, 5.41) is 11.8. The van der Waals surface area contributed by atoms with Gasteiger partial charge in [0.1, 0.15) is 5.82 Å². The Hall–Kier alpha value is -1.85. The fraction of sp³-hybridized carbons (Fsp3) is 0.615. The van der Waals surface area contributed by atoms with E-state index in [-0.39, 0.29) is 0 Å². The first-order chi connectivity index (χ1) is 9.11. The summed E-state index contributed by atoms with van der Waals surface area (Å²) in [6.45, 7) is 7.24.